The minimum Gasteiger partial charge on any atom is -0.457 e. The molecule has 0 N–H and O–H groups in total. The molecule has 2 unspecified atom stereocenters. The van der Waals surface area contributed by atoms with E-state index in [1.54, 1.807) is 0 Å². The zero-order valence-electron chi connectivity index (χ0n) is 81.3. The van der Waals surface area contributed by atoms with Crippen molar-refractivity contribution in [2.24, 2.45) is 0 Å². The summed E-state index contributed by atoms with van der Waals surface area (Å²) in [5.74, 6) is 3.39. The highest BCUT2D eigenvalue weighted by molar-refractivity contribution is 7.99. The molecular weight excluding hydrogens is 1850 g/mol. The standard InChI is InChI=1S/C144H88N2O2S2/c1-3-34-89(35-4-1)91-68-72-93(73-69-91)100-38-11-23-58-125(100)145(127-60-32-55-120-138(127)106-42-9-15-47-111(106)141(120)113-49-17-25-62-129(113)147-130-63-26-18-50-114(130)141)98-81-82-102-96(86-98)79-85-122-136(102)104-40-7-13-45-109(104)144(122)118-54-22-30-67-134(118)150-135-87-97(78-83-119(135)144)103-44-31-57-124-140(103)148-131-64-27-19-51-115(131)142(124)112-48-16-10-43-107(112)139-121(142)56-33-61-128(139)146(126-59-24-12-39-101(126)94-74-70-92(71-75-94)90-36-5-2-6-37-90)99-80-76-95-77-84-123-137(108(95)88-99)105-41-8-14-46-110(105)143(123)116-52-20-28-65-132(116)149-133-66-29-21-53-117(133)143/h1-88H. The molecule has 0 radical (unpaired) electrons. The van der Waals surface area contributed by atoms with E-state index in [2.05, 4.69) is 544 Å². The first kappa shape index (κ1) is 85.0. The van der Waals surface area contributed by atoms with Crippen LogP contribution < -0.4 is 19.3 Å². The monoisotopic (exact) mass is 1940 g/mol. The van der Waals surface area contributed by atoms with Gasteiger partial charge < -0.3 is 19.3 Å². The average molecular weight is 1940 g/mol. The van der Waals surface area contributed by atoms with Crippen molar-refractivity contribution in [3.63, 3.8) is 0 Å². The molecule has 0 saturated carbocycles. The number of para-hydroxylation sites is 6. The van der Waals surface area contributed by atoms with Crippen LogP contribution in [0.15, 0.2) is 553 Å². The number of rotatable bonds is 11. The van der Waals surface area contributed by atoms with Crippen molar-refractivity contribution in [2.75, 3.05) is 9.80 Å². The lowest BCUT2D eigenvalue weighted by molar-refractivity contribution is 0.436. The van der Waals surface area contributed by atoms with Crippen molar-refractivity contribution in [2.45, 2.75) is 41.2 Å². The van der Waals surface area contributed by atoms with E-state index in [4.69, 9.17) is 9.47 Å². The second kappa shape index (κ2) is 32.6. The maximum Gasteiger partial charge on any atom is 0.140 e. The van der Waals surface area contributed by atoms with E-state index in [0.29, 0.717) is 0 Å². The number of ether oxygens (including phenoxy) is 2. The molecule has 150 heavy (non-hydrogen) atoms. The number of nitrogens with zero attached hydrogens (tertiary/aromatic N) is 2. The largest absolute Gasteiger partial charge is 0.457 e. The molecule has 8 aliphatic rings. The van der Waals surface area contributed by atoms with Gasteiger partial charge in [0.1, 0.15) is 23.0 Å². The number of hydrogen-bond donors (Lipinski definition) is 0. The summed E-state index contributed by atoms with van der Waals surface area (Å²) in [6, 6.07) is 201. The summed E-state index contributed by atoms with van der Waals surface area (Å²) >= 11 is 3.77. The molecule has 24 aromatic rings. The van der Waals surface area contributed by atoms with Gasteiger partial charge in [0, 0.05) is 81.0 Å². The zero-order chi connectivity index (χ0) is 98.2. The highest BCUT2D eigenvalue weighted by atomic mass is 32.2. The van der Waals surface area contributed by atoms with Gasteiger partial charge in [0.2, 0.25) is 0 Å². The minimum atomic E-state index is -0.873. The summed E-state index contributed by atoms with van der Waals surface area (Å²) in [6.45, 7) is 0. The van der Waals surface area contributed by atoms with Gasteiger partial charge in [-0.25, -0.2) is 0 Å². The van der Waals surface area contributed by atoms with Crippen LogP contribution in [-0.4, -0.2) is 0 Å². The third-order valence-electron chi connectivity index (χ3n) is 33.7. The topological polar surface area (TPSA) is 24.9 Å². The lowest BCUT2D eigenvalue weighted by atomic mass is 9.65. The smallest absolute Gasteiger partial charge is 0.140 e. The molecule has 0 fully saturated rings. The van der Waals surface area contributed by atoms with Crippen LogP contribution in [0.1, 0.15) is 89.0 Å². The first-order valence-corrected chi connectivity index (χ1v) is 53.5. The number of anilines is 6. The van der Waals surface area contributed by atoms with Crippen molar-refractivity contribution in [1.82, 2.24) is 0 Å². The maximum atomic E-state index is 7.78. The third-order valence-corrected chi connectivity index (χ3v) is 36.0. The number of fused-ring (bicyclic) bond motifs is 40. The van der Waals surface area contributed by atoms with Crippen LogP contribution >= 0.6 is 23.5 Å². The predicted octanol–water partition coefficient (Wildman–Crippen LogP) is 37.9. The lowest BCUT2D eigenvalue weighted by Gasteiger charge is -2.41. The van der Waals surface area contributed by atoms with E-state index in [0.717, 1.165) is 118 Å². The van der Waals surface area contributed by atoms with Gasteiger partial charge in [0.25, 0.3) is 0 Å². The fourth-order valence-corrected chi connectivity index (χ4v) is 30.3. The van der Waals surface area contributed by atoms with E-state index in [1.807, 2.05) is 23.5 Å². The van der Waals surface area contributed by atoms with Gasteiger partial charge in [0.15, 0.2) is 0 Å². The summed E-state index contributed by atoms with van der Waals surface area (Å²) in [6.07, 6.45) is 0. The van der Waals surface area contributed by atoms with Gasteiger partial charge in [-0.05, 0) is 252 Å². The fourth-order valence-electron chi connectivity index (χ4n) is 27.8. The van der Waals surface area contributed by atoms with Crippen molar-refractivity contribution in [1.29, 1.82) is 0 Å². The van der Waals surface area contributed by atoms with Crippen LogP contribution in [0.5, 0.6) is 23.0 Å². The average Bonchev–Trinajstić information content (AvgIpc) is 1.52. The predicted molar refractivity (Wildman–Crippen MR) is 616 cm³/mol. The quantitative estimate of drug-likeness (QED) is 0.128. The van der Waals surface area contributed by atoms with Crippen LogP contribution in [0.25, 0.3) is 122 Å². The van der Waals surface area contributed by atoms with E-state index in [9.17, 15) is 0 Å². The summed E-state index contributed by atoms with van der Waals surface area (Å²) in [7, 11) is 0. The van der Waals surface area contributed by atoms with Crippen molar-refractivity contribution in [3.05, 3.63) is 623 Å². The van der Waals surface area contributed by atoms with E-state index in [1.165, 1.54) is 169 Å². The number of benzene rings is 24. The van der Waals surface area contributed by atoms with Crippen molar-refractivity contribution >= 4 is 79.2 Å². The molecule has 32 rings (SSSR count). The van der Waals surface area contributed by atoms with Gasteiger partial charge in [-0.3, -0.25) is 0 Å². The molecule has 0 amide bonds. The molecule has 4 heterocycles. The Labute approximate surface area is 878 Å². The molecule has 4 aliphatic heterocycles. The van der Waals surface area contributed by atoms with Crippen LogP contribution in [-0.2, 0) is 21.7 Å². The molecule has 6 heteroatoms. The Morgan fingerprint density at radius 2 is 0.467 bits per heavy atom. The maximum absolute atomic E-state index is 7.78. The first-order chi connectivity index (χ1) is 74.4. The Morgan fingerprint density at radius 3 is 0.967 bits per heavy atom. The minimum absolute atomic E-state index is 0.558. The molecule has 0 bridgehead atoms. The highest BCUT2D eigenvalue weighted by Crippen LogP contribution is 2.72. The zero-order valence-corrected chi connectivity index (χ0v) is 83.0. The summed E-state index contributed by atoms with van der Waals surface area (Å²) in [5.41, 5.74) is 44.2. The Bertz CT molecular complexity index is 9800. The van der Waals surface area contributed by atoms with Crippen LogP contribution in [0, 0.1) is 0 Å². The van der Waals surface area contributed by atoms with Gasteiger partial charge >= 0.3 is 0 Å². The van der Waals surface area contributed by atoms with E-state index < -0.39 is 21.7 Å². The first-order valence-electron chi connectivity index (χ1n) is 51.9. The molecule has 4 nitrogen and oxygen atoms in total. The molecule has 0 aromatic heterocycles. The fraction of sp³-hybridized carbons (Fsp3) is 0.0278. The summed E-state index contributed by atoms with van der Waals surface area (Å²) < 4.78 is 14.7. The number of hydrogen-bond acceptors (Lipinski definition) is 6. The van der Waals surface area contributed by atoms with E-state index in [-0.39, 0.29) is 0 Å². The summed E-state index contributed by atoms with van der Waals surface area (Å²) in [5, 5.41) is 4.72. The Morgan fingerprint density at radius 1 is 0.160 bits per heavy atom. The van der Waals surface area contributed by atoms with Crippen LogP contribution in [0.2, 0.25) is 0 Å². The Kier molecular flexibility index (Phi) is 18.5. The van der Waals surface area contributed by atoms with Gasteiger partial charge in [-0.2, -0.15) is 0 Å². The molecule has 4 spiro atoms. The lowest BCUT2D eigenvalue weighted by Crippen LogP contribution is -2.32. The molecular formula is C144H88N2O2S2. The second-order valence-electron chi connectivity index (χ2n) is 40.7. The molecule has 698 valence electrons. The van der Waals surface area contributed by atoms with Gasteiger partial charge in [0.05, 0.1) is 44.4 Å². The van der Waals surface area contributed by atoms with Crippen molar-refractivity contribution < 1.29 is 9.47 Å². The molecule has 4 aliphatic carbocycles. The van der Waals surface area contributed by atoms with Crippen LogP contribution in [0.4, 0.5) is 34.1 Å². The highest BCUT2D eigenvalue weighted by Gasteiger charge is 2.58. The SMILES string of the molecule is c1ccc(-c2ccc(-c3ccccc3N(c3ccc4c5c(ccc4c3)C3(c4ccccc4Sc4cc(-c6cccc7c6Oc6ccccc6C76c7ccccc7-c7c(N(c8ccc9ccc%10c(c9c8)-c8ccccc8C%108c9ccccc9Sc9ccccc98)c8ccccc8-c8ccc(-c9ccccc9)cc8)cccc76)ccc43)c3ccccc3-5)c3cccc4c3-c3ccccc3C43c4ccccc4Oc4ccccc43)cc2)cc1. The van der Waals surface area contributed by atoms with Crippen molar-refractivity contribution in [3.8, 4) is 123 Å². The molecule has 24 aromatic carbocycles. The molecule has 0 saturated heterocycles. The third kappa shape index (κ3) is 11.7. The Balaban J connectivity index is 0.560. The second-order valence-corrected chi connectivity index (χ2v) is 42.9. The summed E-state index contributed by atoms with van der Waals surface area (Å²) in [4.78, 5) is 10.2. The van der Waals surface area contributed by atoms with Gasteiger partial charge in [-0.1, -0.05) is 466 Å². The Hall–Kier alpha value is -18.3. The van der Waals surface area contributed by atoms with E-state index >= 15 is 0 Å². The normalized spacial score (nSPS) is 15.5. The van der Waals surface area contributed by atoms with Gasteiger partial charge in [-0.15, -0.1) is 0 Å². The molecule has 2 atom stereocenters. The van der Waals surface area contributed by atoms with Crippen LogP contribution in [0.3, 0.4) is 0 Å².